The fourth-order valence-electron chi connectivity index (χ4n) is 3.40. The summed E-state index contributed by atoms with van der Waals surface area (Å²) >= 11 is 0. The summed E-state index contributed by atoms with van der Waals surface area (Å²) in [4.78, 5) is 15.0. The number of carbonyl (C=O) groups is 1. The van der Waals surface area contributed by atoms with Gasteiger partial charge in [-0.25, -0.2) is 0 Å². The summed E-state index contributed by atoms with van der Waals surface area (Å²) in [5.74, 6) is 0.832. The van der Waals surface area contributed by atoms with E-state index in [0.29, 0.717) is 18.4 Å². The Bertz CT molecular complexity index is 467. The van der Waals surface area contributed by atoms with Gasteiger partial charge >= 0.3 is 0 Å². The van der Waals surface area contributed by atoms with Crippen molar-refractivity contribution in [1.82, 2.24) is 4.90 Å². The minimum Gasteiger partial charge on any atom is -0.337 e. The summed E-state index contributed by atoms with van der Waals surface area (Å²) in [6.45, 7) is 3.65. The molecule has 2 aliphatic rings. The van der Waals surface area contributed by atoms with Crippen molar-refractivity contribution in [2.75, 3.05) is 13.1 Å². The van der Waals surface area contributed by atoms with Crippen molar-refractivity contribution in [2.24, 2.45) is 11.7 Å². The van der Waals surface area contributed by atoms with Crippen molar-refractivity contribution in [3.8, 4) is 0 Å². The Labute approximate surface area is 114 Å². The largest absolute Gasteiger partial charge is 0.337 e. The van der Waals surface area contributed by atoms with Gasteiger partial charge in [0.1, 0.15) is 0 Å². The van der Waals surface area contributed by atoms with Gasteiger partial charge in [0.25, 0.3) is 0 Å². The Morgan fingerprint density at radius 3 is 2.63 bits per heavy atom. The molecule has 1 aromatic carbocycles. The molecule has 2 unspecified atom stereocenters. The van der Waals surface area contributed by atoms with Crippen molar-refractivity contribution in [3.05, 3.63) is 35.9 Å². The van der Waals surface area contributed by atoms with Crippen LogP contribution in [0, 0.1) is 5.92 Å². The maximum absolute atomic E-state index is 12.9. The quantitative estimate of drug-likeness (QED) is 0.900. The molecule has 1 saturated heterocycles. The van der Waals surface area contributed by atoms with Gasteiger partial charge < -0.3 is 10.6 Å². The van der Waals surface area contributed by atoms with E-state index in [-0.39, 0.29) is 11.5 Å². The topological polar surface area (TPSA) is 46.3 Å². The summed E-state index contributed by atoms with van der Waals surface area (Å²) < 4.78 is 0. The highest BCUT2D eigenvalue weighted by molar-refractivity contribution is 5.91. The average molecular weight is 258 g/mol. The number of amides is 1. The van der Waals surface area contributed by atoms with Gasteiger partial charge in [0, 0.05) is 19.1 Å². The molecule has 102 valence electrons. The van der Waals surface area contributed by atoms with Crippen LogP contribution in [-0.4, -0.2) is 29.9 Å². The Morgan fingerprint density at radius 1 is 1.37 bits per heavy atom. The van der Waals surface area contributed by atoms with Crippen molar-refractivity contribution in [3.63, 3.8) is 0 Å². The van der Waals surface area contributed by atoms with E-state index >= 15 is 0 Å². The molecule has 1 heterocycles. The normalized spacial score (nSPS) is 28.4. The van der Waals surface area contributed by atoms with Gasteiger partial charge in [-0.2, -0.15) is 0 Å². The maximum atomic E-state index is 12.9. The number of nitrogens with two attached hydrogens (primary N) is 1. The van der Waals surface area contributed by atoms with Crippen LogP contribution >= 0.6 is 0 Å². The van der Waals surface area contributed by atoms with Gasteiger partial charge in [-0.05, 0) is 30.7 Å². The number of carbonyl (C=O) groups excluding carboxylic acids is 1. The highest BCUT2D eigenvalue weighted by Crippen LogP contribution is 2.50. The Balaban J connectivity index is 1.85. The third-order valence-electron chi connectivity index (χ3n) is 4.87. The number of nitrogens with zero attached hydrogens (tertiary/aromatic N) is 1. The summed E-state index contributed by atoms with van der Waals surface area (Å²) in [5.41, 5.74) is 6.80. The second-order valence-electron chi connectivity index (χ2n) is 6.02. The van der Waals surface area contributed by atoms with Gasteiger partial charge in [-0.1, -0.05) is 37.3 Å². The molecule has 3 rings (SSSR count). The number of hydrogen-bond acceptors (Lipinski definition) is 2. The molecular weight excluding hydrogens is 236 g/mol. The Morgan fingerprint density at radius 2 is 2.05 bits per heavy atom. The molecule has 1 aromatic rings. The second kappa shape index (κ2) is 4.64. The third kappa shape index (κ3) is 1.96. The van der Waals surface area contributed by atoms with E-state index in [1.165, 1.54) is 5.56 Å². The minimum absolute atomic E-state index is 0.230. The first kappa shape index (κ1) is 12.7. The predicted octanol–water partition coefficient (Wildman–Crippen LogP) is 1.91. The van der Waals surface area contributed by atoms with Crippen LogP contribution in [0.5, 0.6) is 0 Å². The highest BCUT2D eigenvalue weighted by atomic mass is 16.2. The Hall–Kier alpha value is -1.35. The molecular formula is C16H22N2O. The lowest BCUT2D eigenvalue weighted by Crippen LogP contribution is -2.46. The SMILES string of the molecule is CC1CCN(C(=O)C2(c3ccccc3)CC2)C1CN. The first-order chi connectivity index (χ1) is 9.19. The van der Waals surface area contributed by atoms with Crippen LogP contribution in [0.3, 0.4) is 0 Å². The van der Waals surface area contributed by atoms with Crippen LogP contribution < -0.4 is 5.73 Å². The molecule has 0 aromatic heterocycles. The lowest BCUT2D eigenvalue weighted by atomic mass is 9.93. The number of hydrogen-bond donors (Lipinski definition) is 1. The van der Waals surface area contributed by atoms with Gasteiger partial charge in [0.05, 0.1) is 5.41 Å². The molecule has 1 saturated carbocycles. The van der Waals surface area contributed by atoms with Crippen LogP contribution in [0.2, 0.25) is 0 Å². The van der Waals surface area contributed by atoms with Crippen molar-refractivity contribution < 1.29 is 4.79 Å². The lowest BCUT2D eigenvalue weighted by molar-refractivity contribution is -0.135. The third-order valence-corrected chi connectivity index (χ3v) is 4.87. The zero-order valence-corrected chi connectivity index (χ0v) is 11.5. The fraction of sp³-hybridized carbons (Fsp3) is 0.562. The Kier molecular flexibility index (Phi) is 3.09. The number of benzene rings is 1. The molecule has 2 fully saturated rings. The zero-order valence-electron chi connectivity index (χ0n) is 11.5. The molecule has 0 bridgehead atoms. The number of rotatable bonds is 3. The zero-order chi connectivity index (χ0) is 13.5. The average Bonchev–Trinajstić information content (AvgIpc) is 3.17. The molecule has 2 atom stereocenters. The van der Waals surface area contributed by atoms with Crippen LogP contribution in [0.25, 0.3) is 0 Å². The summed E-state index contributed by atoms with van der Waals surface area (Å²) in [6, 6.07) is 10.5. The standard InChI is InChI=1S/C16H22N2O/c1-12-7-10-18(14(12)11-17)15(19)16(8-9-16)13-5-3-2-4-6-13/h2-6,12,14H,7-11,17H2,1H3. The molecule has 0 spiro atoms. The number of likely N-dealkylation sites (tertiary alicyclic amines) is 1. The molecule has 2 N–H and O–H groups in total. The summed E-state index contributed by atoms with van der Waals surface area (Å²) in [7, 11) is 0. The first-order valence-electron chi connectivity index (χ1n) is 7.26. The van der Waals surface area contributed by atoms with Gasteiger partial charge in [-0.3, -0.25) is 4.79 Å². The minimum atomic E-state index is -0.237. The van der Waals surface area contributed by atoms with Crippen molar-refractivity contribution in [1.29, 1.82) is 0 Å². The van der Waals surface area contributed by atoms with Crippen molar-refractivity contribution >= 4 is 5.91 Å². The maximum Gasteiger partial charge on any atom is 0.233 e. The molecule has 3 nitrogen and oxygen atoms in total. The summed E-state index contributed by atoms with van der Waals surface area (Å²) in [6.07, 6.45) is 3.05. The lowest BCUT2D eigenvalue weighted by Gasteiger charge is -2.30. The molecule has 1 aliphatic heterocycles. The van der Waals surface area contributed by atoms with Gasteiger partial charge in [0.15, 0.2) is 0 Å². The molecule has 1 aliphatic carbocycles. The van der Waals surface area contributed by atoms with Crippen LogP contribution in [-0.2, 0) is 10.2 Å². The van der Waals surface area contributed by atoms with Crippen LogP contribution in [0.4, 0.5) is 0 Å². The van der Waals surface area contributed by atoms with E-state index in [1.807, 2.05) is 23.1 Å². The summed E-state index contributed by atoms with van der Waals surface area (Å²) in [5, 5.41) is 0. The fourth-order valence-corrected chi connectivity index (χ4v) is 3.40. The van der Waals surface area contributed by atoms with Crippen LogP contribution in [0.15, 0.2) is 30.3 Å². The molecule has 3 heteroatoms. The molecule has 0 radical (unpaired) electrons. The first-order valence-corrected chi connectivity index (χ1v) is 7.26. The smallest absolute Gasteiger partial charge is 0.233 e. The predicted molar refractivity (Wildman–Crippen MR) is 75.7 cm³/mol. The van der Waals surface area contributed by atoms with Gasteiger partial charge in [-0.15, -0.1) is 0 Å². The van der Waals surface area contributed by atoms with E-state index in [9.17, 15) is 4.79 Å². The van der Waals surface area contributed by atoms with E-state index in [1.54, 1.807) is 0 Å². The van der Waals surface area contributed by atoms with E-state index in [0.717, 1.165) is 25.8 Å². The highest BCUT2D eigenvalue weighted by Gasteiger charge is 2.54. The second-order valence-corrected chi connectivity index (χ2v) is 6.02. The van der Waals surface area contributed by atoms with E-state index in [4.69, 9.17) is 5.73 Å². The monoisotopic (exact) mass is 258 g/mol. The van der Waals surface area contributed by atoms with E-state index < -0.39 is 0 Å². The van der Waals surface area contributed by atoms with Gasteiger partial charge in [0.2, 0.25) is 5.91 Å². The van der Waals surface area contributed by atoms with Crippen molar-refractivity contribution in [2.45, 2.75) is 37.6 Å². The van der Waals surface area contributed by atoms with Crippen LogP contribution in [0.1, 0.15) is 31.7 Å². The molecule has 1 amide bonds. The molecule has 19 heavy (non-hydrogen) atoms. The van der Waals surface area contributed by atoms with E-state index in [2.05, 4.69) is 19.1 Å².